The highest BCUT2D eigenvalue weighted by Gasteiger charge is 2.27. The lowest BCUT2D eigenvalue weighted by Gasteiger charge is -2.25. The topological polar surface area (TPSA) is 76.2 Å². The number of ether oxygens (including phenoxy) is 2. The fraction of sp³-hybridized carbons (Fsp3) is 0.200. The smallest absolute Gasteiger partial charge is 0.269 e. The summed E-state index contributed by atoms with van der Waals surface area (Å²) in [5.41, 5.74) is 4.82. The van der Waals surface area contributed by atoms with Crippen molar-refractivity contribution >= 4 is 11.6 Å². The van der Waals surface area contributed by atoms with E-state index >= 15 is 0 Å². The number of hydrogen-bond donors (Lipinski definition) is 2. The molecule has 26 heavy (non-hydrogen) atoms. The Labute approximate surface area is 151 Å². The number of aromatic nitrogens is 2. The number of nitrogens with zero attached hydrogens (tertiary/aromatic N) is 1. The van der Waals surface area contributed by atoms with E-state index in [0.717, 1.165) is 22.5 Å². The van der Waals surface area contributed by atoms with E-state index in [2.05, 4.69) is 15.5 Å². The maximum absolute atomic E-state index is 12.5. The fourth-order valence-corrected chi connectivity index (χ4v) is 3.07. The average Bonchev–Trinajstić information content (AvgIpc) is 3.00. The van der Waals surface area contributed by atoms with Gasteiger partial charge in [-0.15, -0.1) is 0 Å². The first-order valence-electron chi connectivity index (χ1n) is 8.43. The lowest BCUT2D eigenvalue weighted by Crippen LogP contribution is -2.40. The standard InChI is InChI=1S/C20H19N3O3/c1-12-19(13(2)23-22-12)14-7-9-15(10-8-14)21-20(24)18-11-25-16-5-3-4-6-17(16)26-18/h3-10,18H,11H2,1-2H3,(H,21,24)(H,22,23)/t18-/m0/s1. The third-order valence-corrected chi connectivity index (χ3v) is 4.37. The van der Waals surface area contributed by atoms with Crippen LogP contribution in [0.4, 0.5) is 5.69 Å². The first kappa shape index (κ1) is 16.2. The number of fused-ring (bicyclic) bond motifs is 1. The normalized spacial score (nSPS) is 15.5. The van der Waals surface area contributed by atoms with Crippen LogP contribution in [0.5, 0.6) is 11.5 Å². The molecule has 1 aromatic heterocycles. The molecular formula is C20H19N3O3. The van der Waals surface area contributed by atoms with Gasteiger partial charge >= 0.3 is 0 Å². The minimum atomic E-state index is -0.678. The second kappa shape index (κ2) is 6.55. The Morgan fingerprint density at radius 2 is 1.85 bits per heavy atom. The lowest BCUT2D eigenvalue weighted by molar-refractivity contribution is -0.125. The van der Waals surface area contributed by atoms with Crippen LogP contribution in [0.15, 0.2) is 48.5 Å². The molecular weight excluding hydrogens is 330 g/mol. The summed E-state index contributed by atoms with van der Waals surface area (Å²) < 4.78 is 11.3. The summed E-state index contributed by atoms with van der Waals surface area (Å²) >= 11 is 0. The molecule has 3 aromatic rings. The second-order valence-corrected chi connectivity index (χ2v) is 6.24. The molecule has 4 rings (SSSR count). The summed E-state index contributed by atoms with van der Waals surface area (Å²) in [6, 6.07) is 15.0. The van der Waals surface area contributed by atoms with Crippen molar-refractivity contribution in [2.75, 3.05) is 11.9 Å². The van der Waals surface area contributed by atoms with E-state index in [-0.39, 0.29) is 12.5 Å². The van der Waals surface area contributed by atoms with Crippen molar-refractivity contribution < 1.29 is 14.3 Å². The number of rotatable bonds is 3. The Kier molecular flexibility index (Phi) is 4.08. The van der Waals surface area contributed by atoms with Gasteiger partial charge in [0.2, 0.25) is 6.10 Å². The SMILES string of the molecule is Cc1n[nH]c(C)c1-c1ccc(NC(=O)[C@@H]2COc3ccccc3O2)cc1. The van der Waals surface area contributed by atoms with Gasteiger partial charge in [-0.3, -0.25) is 9.89 Å². The van der Waals surface area contributed by atoms with Crippen LogP contribution in [-0.2, 0) is 4.79 Å². The number of para-hydroxylation sites is 2. The highest BCUT2D eigenvalue weighted by Crippen LogP contribution is 2.31. The van der Waals surface area contributed by atoms with E-state index in [4.69, 9.17) is 9.47 Å². The zero-order valence-electron chi connectivity index (χ0n) is 14.6. The summed E-state index contributed by atoms with van der Waals surface area (Å²) in [5.74, 6) is 1.01. The molecule has 0 spiro atoms. The first-order chi connectivity index (χ1) is 12.6. The molecule has 1 amide bonds. The number of nitrogens with one attached hydrogen (secondary N) is 2. The summed E-state index contributed by atoms with van der Waals surface area (Å²) in [7, 11) is 0. The van der Waals surface area contributed by atoms with Gasteiger partial charge in [0.1, 0.15) is 6.61 Å². The first-order valence-corrected chi connectivity index (χ1v) is 8.43. The Bertz CT molecular complexity index is 928. The van der Waals surface area contributed by atoms with Crippen molar-refractivity contribution in [2.24, 2.45) is 0 Å². The summed E-state index contributed by atoms with van der Waals surface area (Å²) in [4.78, 5) is 12.5. The molecule has 1 aliphatic rings. The average molecular weight is 349 g/mol. The quantitative estimate of drug-likeness (QED) is 0.759. The Morgan fingerprint density at radius 3 is 2.54 bits per heavy atom. The highest BCUT2D eigenvalue weighted by molar-refractivity contribution is 5.95. The molecule has 2 N–H and O–H groups in total. The van der Waals surface area contributed by atoms with Crippen LogP contribution in [-0.4, -0.2) is 28.8 Å². The van der Waals surface area contributed by atoms with Crippen LogP contribution in [0.1, 0.15) is 11.4 Å². The molecule has 2 heterocycles. The van der Waals surface area contributed by atoms with Crippen LogP contribution in [0.3, 0.4) is 0 Å². The Morgan fingerprint density at radius 1 is 1.12 bits per heavy atom. The molecule has 6 nitrogen and oxygen atoms in total. The van der Waals surface area contributed by atoms with E-state index < -0.39 is 6.10 Å². The van der Waals surface area contributed by atoms with Crippen LogP contribution in [0.2, 0.25) is 0 Å². The second-order valence-electron chi connectivity index (χ2n) is 6.24. The predicted molar refractivity (Wildman–Crippen MR) is 98.5 cm³/mol. The third kappa shape index (κ3) is 3.01. The number of carbonyl (C=O) groups is 1. The summed E-state index contributed by atoms with van der Waals surface area (Å²) in [6.07, 6.45) is -0.678. The van der Waals surface area contributed by atoms with Crippen molar-refractivity contribution in [2.45, 2.75) is 20.0 Å². The molecule has 0 radical (unpaired) electrons. The minimum absolute atomic E-state index is 0.189. The van der Waals surface area contributed by atoms with Gasteiger partial charge in [-0.25, -0.2) is 0 Å². The van der Waals surface area contributed by atoms with Crippen LogP contribution in [0, 0.1) is 13.8 Å². The van der Waals surface area contributed by atoms with E-state index in [0.29, 0.717) is 17.2 Å². The molecule has 132 valence electrons. The van der Waals surface area contributed by atoms with Crippen LogP contribution < -0.4 is 14.8 Å². The monoisotopic (exact) mass is 349 g/mol. The molecule has 0 unspecified atom stereocenters. The molecule has 0 bridgehead atoms. The van der Waals surface area contributed by atoms with E-state index in [1.807, 2.05) is 56.3 Å². The Balaban J connectivity index is 1.46. The van der Waals surface area contributed by atoms with Crippen molar-refractivity contribution in [3.05, 3.63) is 59.9 Å². The number of aromatic amines is 1. The van der Waals surface area contributed by atoms with Gasteiger partial charge in [0, 0.05) is 16.9 Å². The number of hydrogen-bond acceptors (Lipinski definition) is 4. The molecule has 1 aliphatic heterocycles. The van der Waals surface area contributed by atoms with Crippen LogP contribution >= 0.6 is 0 Å². The number of aryl methyl sites for hydroxylation is 2. The summed E-state index contributed by atoms with van der Waals surface area (Å²) in [5, 5.41) is 10.1. The predicted octanol–water partition coefficient (Wildman–Crippen LogP) is 3.47. The minimum Gasteiger partial charge on any atom is -0.485 e. The van der Waals surface area contributed by atoms with Crippen molar-refractivity contribution in [1.82, 2.24) is 10.2 Å². The van der Waals surface area contributed by atoms with E-state index in [9.17, 15) is 4.79 Å². The molecule has 0 aliphatic carbocycles. The van der Waals surface area contributed by atoms with Gasteiger partial charge in [-0.2, -0.15) is 5.10 Å². The zero-order chi connectivity index (χ0) is 18.1. The van der Waals surface area contributed by atoms with Gasteiger partial charge in [0.25, 0.3) is 5.91 Å². The number of amides is 1. The highest BCUT2D eigenvalue weighted by atomic mass is 16.6. The number of anilines is 1. The van der Waals surface area contributed by atoms with E-state index in [1.165, 1.54) is 0 Å². The molecule has 1 atom stereocenters. The third-order valence-electron chi connectivity index (χ3n) is 4.37. The summed E-state index contributed by atoms with van der Waals surface area (Å²) in [6.45, 7) is 4.14. The molecule has 0 fully saturated rings. The van der Waals surface area contributed by atoms with Crippen molar-refractivity contribution in [3.63, 3.8) is 0 Å². The van der Waals surface area contributed by atoms with Gasteiger partial charge < -0.3 is 14.8 Å². The van der Waals surface area contributed by atoms with Crippen LogP contribution in [0.25, 0.3) is 11.1 Å². The van der Waals surface area contributed by atoms with E-state index in [1.54, 1.807) is 6.07 Å². The number of benzene rings is 2. The maximum atomic E-state index is 12.5. The van der Waals surface area contributed by atoms with Crippen molar-refractivity contribution in [1.29, 1.82) is 0 Å². The van der Waals surface area contributed by atoms with Gasteiger partial charge in [-0.1, -0.05) is 24.3 Å². The fourth-order valence-electron chi connectivity index (χ4n) is 3.07. The molecule has 0 saturated heterocycles. The number of carbonyl (C=O) groups excluding carboxylic acids is 1. The zero-order valence-corrected chi connectivity index (χ0v) is 14.6. The molecule has 0 saturated carbocycles. The van der Waals surface area contributed by atoms with Gasteiger partial charge in [0.05, 0.1) is 5.69 Å². The van der Waals surface area contributed by atoms with Gasteiger partial charge in [-0.05, 0) is 43.7 Å². The van der Waals surface area contributed by atoms with Crippen molar-refractivity contribution in [3.8, 4) is 22.6 Å². The maximum Gasteiger partial charge on any atom is 0.269 e. The Hall–Kier alpha value is -3.28. The molecule has 2 aromatic carbocycles. The number of H-pyrrole nitrogens is 1. The van der Waals surface area contributed by atoms with Gasteiger partial charge in [0.15, 0.2) is 11.5 Å². The largest absolute Gasteiger partial charge is 0.485 e. The lowest BCUT2D eigenvalue weighted by atomic mass is 10.0. The molecule has 6 heteroatoms.